The van der Waals surface area contributed by atoms with E-state index in [-0.39, 0.29) is 0 Å². The topological polar surface area (TPSA) is 0 Å². The molecule has 0 bridgehead atoms. The molecule has 0 rings (SSSR count). The Hall–Kier alpha value is 0.140. The fraction of sp³-hybridized carbons (Fsp3) is 1.00. The zero-order valence-corrected chi connectivity index (χ0v) is 4.55. The van der Waals surface area contributed by atoms with Crippen LogP contribution in [0.1, 0.15) is 6.92 Å². The summed E-state index contributed by atoms with van der Waals surface area (Å²) in [6.45, 7) is 0.757. The van der Waals surface area contributed by atoms with Gasteiger partial charge in [0, 0.05) is 0 Å². The molecule has 0 aromatic heterocycles. The summed E-state index contributed by atoms with van der Waals surface area (Å²) in [7, 11) is 0. The maximum Gasteiger partial charge on any atom is 0.321 e. The third-order valence-electron chi connectivity index (χ3n) is 0.479. The van der Waals surface area contributed by atoms with Crippen molar-refractivity contribution in [3.05, 3.63) is 0 Å². The zero-order valence-electron chi connectivity index (χ0n) is 3.66. The van der Waals surface area contributed by atoms with E-state index in [0.29, 0.717) is 0 Å². The average Bonchev–Trinajstić information content (AvgIpc) is 1.31. The molecule has 0 aromatic carbocycles. The van der Waals surface area contributed by atoms with Crippen LogP contribution in [0.3, 0.4) is 0 Å². The third kappa shape index (κ3) is 2.79. The molecular weight excluding hydrogens is 125 g/mol. The number of thiol groups is 1. The maximum absolute atomic E-state index is 11.4. The van der Waals surface area contributed by atoms with Crippen molar-refractivity contribution in [3.63, 3.8) is 0 Å². The Kier molecular flexibility index (Phi) is 1.98. The standard InChI is InChI=1S/C3H5F3S/c1-2(4)3(5,6)7/h2,7H,1H3. The number of alkyl halides is 3. The normalized spacial score (nSPS) is 16.7. The van der Waals surface area contributed by atoms with E-state index >= 15 is 0 Å². The molecule has 0 fully saturated rings. The van der Waals surface area contributed by atoms with E-state index in [1.165, 1.54) is 0 Å². The summed E-state index contributed by atoms with van der Waals surface area (Å²) in [6.07, 6.45) is -2.17. The molecule has 0 amide bonds. The molecule has 0 saturated heterocycles. The third-order valence-corrected chi connectivity index (χ3v) is 0.834. The minimum atomic E-state index is -3.47. The molecule has 44 valence electrons. The van der Waals surface area contributed by atoms with Crippen molar-refractivity contribution in [2.75, 3.05) is 0 Å². The van der Waals surface area contributed by atoms with Gasteiger partial charge in [0.2, 0.25) is 0 Å². The predicted octanol–water partition coefficient (Wildman–Crippen LogP) is 1.87. The molecule has 1 atom stereocenters. The highest BCUT2D eigenvalue weighted by molar-refractivity contribution is 7.81. The van der Waals surface area contributed by atoms with Gasteiger partial charge < -0.3 is 0 Å². The number of rotatable bonds is 1. The molecule has 0 radical (unpaired) electrons. The van der Waals surface area contributed by atoms with E-state index in [1.807, 2.05) is 0 Å². The molecule has 0 aliphatic heterocycles. The van der Waals surface area contributed by atoms with E-state index < -0.39 is 11.4 Å². The summed E-state index contributed by atoms with van der Waals surface area (Å²) in [5.41, 5.74) is 0. The number of hydrogen-bond donors (Lipinski definition) is 1. The van der Waals surface area contributed by atoms with Crippen molar-refractivity contribution in [3.8, 4) is 0 Å². The number of hydrogen-bond acceptors (Lipinski definition) is 1. The SMILES string of the molecule is CC(F)C(F)(F)S. The minimum absolute atomic E-state index is 0.757. The second-order valence-electron chi connectivity index (χ2n) is 1.20. The van der Waals surface area contributed by atoms with Gasteiger partial charge in [-0.25, -0.2) is 4.39 Å². The molecular formula is C3H5F3S. The highest BCUT2D eigenvalue weighted by atomic mass is 32.1. The van der Waals surface area contributed by atoms with Crippen LogP contribution < -0.4 is 0 Å². The lowest BCUT2D eigenvalue weighted by atomic mass is 10.5. The van der Waals surface area contributed by atoms with Crippen molar-refractivity contribution in [1.29, 1.82) is 0 Å². The van der Waals surface area contributed by atoms with Gasteiger partial charge in [0.25, 0.3) is 0 Å². The van der Waals surface area contributed by atoms with Gasteiger partial charge in [0.05, 0.1) is 0 Å². The molecule has 0 spiro atoms. The van der Waals surface area contributed by atoms with Gasteiger partial charge in [-0.2, -0.15) is 8.78 Å². The summed E-state index contributed by atoms with van der Waals surface area (Å²) in [5.74, 6) is 0. The Morgan fingerprint density at radius 2 is 1.71 bits per heavy atom. The van der Waals surface area contributed by atoms with E-state index in [9.17, 15) is 13.2 Å². The van der Waals surface area contributed by atoms with Crippen LogP contribution in [-0.2, 0) is 0 Å². The quantitative estimate of drug-likeness (QED) is 0.514. The van der Waals surface area contributed by atoms with Crippen molar-refractivity contribution in [1.82, 2.24) is 0 Å². The van der Waals surface area contributed by atoms with Crippen molar-refractivity contribution in [2.24, 2.45) is 0 Å². The van der Waals surface area contributed by atoms with Crippen molar-refractivity contribution >= 4 is 12.6 Å². The first-order chi connectivity index (χ1) is 2.94. The van der Waals surface area contributed by atoms with Gasteiger partial charge in [-0.15, -0.1) is 12.6 Å². The highest BCUT2D eigenvalue weighted by Gasteiger charge is 2.31. The van der Waals surface area contributed by atoms with E-state index in [4.69, 9.17) is 0 Å². The van der Waals surface area contributed by atoms with Gasteiger partial charge in [-0.1, -0.05) is 0 Å². The Morgan fingerprint density at radius 3 is 1.71 bits per heavy atom. The Labute approximate surface area is 45.1 Å². The summed E-state index contributed by atoms with van der Waals surface area (Å²) in [5, 5.41) is -3.47. The monoisotopic (exact) mass is 130 g/mol. The molecule has 0 heterocycles. The molecule has 0 nitrogen and oxygen atoms in total. The summed E-state index contributed by atoms with van der Waals surface area (Å²) in [4.78, 5) is 0. The molecule has 0 aliphatic carbocycles. The molecule has 4 heteroatoms. The zero-order chi connectivity index (χ0) is 6.08. The Balaban J connectivity index is 3.54. The smallest absolute Gasteiger partial charge is 0.240 e. The van der Waals surface area contributed by atoms with Crippen LogP contribution >= 0.6 is 12.6 Å². The summed E-state index contributed by atoms with van der Waals surface area (Å²) >= 11 is 2.64. The van der Waals surface area contributed by atoms with Gasteiger partial charge >= 0.3 is 5.25 Å². The lowest BCUT2D eigenvalue weighted by molar-refractivity contribution is 0.0265. The van der Waals surface area contributed by atoms with Crippen LogP contribution in [0.2, 0.25) is 0 Å². The Morgan fingerprint density at radius 1 is 1.57 bits per heavy atom. The van der Waals surface area contributed by atoms with Gasteiger partial charge in [0.1, 0.15) is 0 Å². The molecule has 0 aromatic rings. The predicted molar refractivity (Wildman–Crippen MR) is 24.5 cm³/mol. The van der Waals surface area contributed by atoms with E-state index in [2.05, 4.69) is 12.6 Å². The lowest BCUT2D eigenvalue weighted by Crippen LogP contribution is -2.18. The van der Waals surface area contributed by atoms with Crippen molar-refractivity contribution < 1.29 is 13.2 Å². The van der Waals surface area contributed by atoms with Crippen molar-refractivity contribution in [2.45, 2.75) is 18.3 Å². The maximum atomic E-state index is 11.4. The minimum Gasteiger partial charge on any atom is -0.240 e. The van der Waals surface area contributed by atoms with Crippen LogP contribution in [0.25, 0.3) is 0 Å². The van der Waals surface area contributed by atoms with Crippen LogP contribution in [-0.4, -0.2) is 11.4 Å². The highest BCUT2D eigenvalue weighted by Crippen LogP contribution is 2.24. The molecule has 0 N–H and O–H groups in total. The first-order valence-electron chi connectivity index (χ1n) is 1.69. The molecule has 7 heavy (non-hydrogen) atoms. The largest absolute Gasteiger partial charge is 0.321 e. The second-order valence-corrected chi connectivity index (χ2v) is 1.80. The second kappa shape index (κ2) is 1.94. The van der Waals surface area contributed by atoms with Gasteiger partial charge in [-0.3, -0.25) is 0 Å². The van der Waals surface area contributed by atoms with Crippen LogP contribution in [0, 0.1) is 0 Å². The fourth-order valence-corrected chi connectivity index (χ4v) is 0. The van der Waals surface area contributed by atoms with Crippen LogP contribution in [0.5, 0.6) is 0 Å². The van der Waals surface area contributed by atoms with Gasteiger partial charge in [-0.05, 0) is 6.92 Å². The lowest BCUT2D eigenvalue weighted by Gasteiger charge is -2.07. The van der Waals surface area contributed by atoms with E-state index in [1.54, 1.807) is 0 Å². The van der Waals surface area contributed by atoms with Crippen LogP contribution in [0.15, 0.2) is 0 Å². The summed E-state index contributed by atoms with van der Waals surface area (Å²) < 4.78 is 34.1. The van der Waals surface area contributed by atoms with Crippen LogP contribution in [0.4, 0.5) is 13.2 Å². The Bertz CT molecular complexity index is 55.7. The molecule has 1 unspecified atom stereocenters. The van der Waals surface area contributed by atoms with Gasteiger partial charge in [0.15, 0.2) is 6.17 Å². The first kappa shape index (κ1) is 7.14. The average molecular weight is 130 g/mol. The van der Waals surface area contributed by atoms with E-state index in [0.717, 1.165) is 6.92 Å². The first-order valence-corrected chi connectivity index (χ1v) is 2.13. The fourth-order valence-electron chi connectivity index (χ4n) is 0. The number of halogens is 3. The summed E-state index contributed by atoms with van der Waals surface area (Å²) in [6, 6.07) is 0. The molecule has 0 saturated carbocycles. The molecule has 0 aliphatic rings.